The van der Waals surface area contributed by atoms with Crippen molar-refractivity contribution in [3.8, 4) is 0 Å². The van der Waals surface area contributed by atoms with Crippen LogP contribution in [0, 0.1) is 11.7 Å². The van der Waals surface area contributed by atoms with Gasteiger partial charge in [-0.25, -0.2) is 12.8 Å². The molecule has 0 unspecified atom stereocenters. The van der Waals surface area contributed by atoms with Gasteiger partial charge in [0.25, 0.3) is 0 Å². The van der Waals surface area contributed by atoms with Crippen molar-refractivity contribution in [1.29, 1.82) is 0 Å². The number of halogens is 1. The van der Waals surface area contributed by atoms with Crippen LogP contribution in [0.15, 0.2) is 47.4 Å². The van der Waals surface area contributed by atoms with Crippen LogP contribution in [-0.2, 0) is 25.8 Å². The van der Waals surface area contributed by atoms with Crippen molar-refractivity contribution in [1.82, 2.24) is 0 Å². The fourth-order valence-corrected chi connectivity index (χ4v) is 5.08. The zero-order valence-corrected chi connectivity index (χ0v) is 17.4. The molecule has 1 heterocycles. The summed E-state index contributed by atoms with van der Waals surface area (Å²) in [4.78, 5) is 26.5. The van der Waals surface area contributed by atoms with Crippen LogP contribution >= 0.6 is 0 Å². The summed E-state index contributed by atoms with van der Waals surface area (Å²) < 4.78 is 38.9. The van der Waals surface area contributed by atoms with Crippen LogP contribution in [0.3, 0.4) is 0 Å². The number of carbonyl (C=O) groups excluding carboxylic acids is 2. The minimum absolute atomic E-state index is 0.110. The Labute approximate surface area is 175 Å². The highest BCUT2D eigenvalue weighted by molar-refractivity contribution is 7.92. The molecule has 1 saturated carbocycles. The van der Waals surface area contributed by atoms with Crippen molar-refractivity contribution in [3.63, 3.8) is 0 Å². The zero-order chi connectivity index (χ0) is 21.5. The van der Waals surface area contributed by atoms with Crippen LogP contribution in [0.1, 0.15) is 31.7 Å². The second-order valence-electron chi connectivity index (χ2n) is 7.92. The molecule has 30 heavy (non-hydrogen) atoms. The van der Waals surface area contributed by atoms with E-state index in [1.165, 1.54) is 37.3 Å². The smallest absolute Gasteiger partial charge is 0.230 e. The lowest BCUT2D eigenvalue weighted by Crippen LogP contribution is -2.30. The number of hydrogen-bond acceptors (Lipinski definition) is 4. The average Bonchev–Trinajstić information content (AvgIpc) is 3.48. The first kappa shape index (κ1) is 20.5. The number of carbonyl (C=O) groups is 2. The molecular formula is C22H23FN2O4S. The molecule has 0 spiro atoms. The Bertz CT molecular complexity index is 1090. The van der Waals surface area contributed by atoms with Crippen molar-refractivity contribution < 1.29 is 22.4 Å². The van der Waals surface area contributed by atoms with Crippen LogP contribution in [0.2, 0.25) is 0 Å². The summed E-state index contributed by atoms with van der Waals surface area (Å²) in [6.07, 6.45) is 2.25. The van der Waals surface area contributed by atoms with E-state index in [1.54, 1.807) is 17.0 Å². The molecule has 0 aromatic heterocycles. The van der Waals surface area contributed by atoms with Crippen LogP contribution in [0.25, 0.3) is 0 Å². The number of amides is 2. The molecule has 1 aliphatic carbocycles. The van der Waals surface area contributed by atoms with Crippen molar-refractivity contribution in [2.75, 3.05) is 16.8 Å². The van der Waals surface area contributed by atoms with Crippen molar-refractivity contribution in [3.05, 3.63) is 53.8 Å². The van der Waals surface area contributed by atoms with E-state index >= 15 is 0 Å². The summed E-state index contributed by atoms with van der Waals surface area (Å²) >= 11 is 0. The molecular weight excluding hydrogens is 407 g/mol. The van der Waals surface area contributed by atoms with E-state index in [-0.39, 0.29) is 23.1 Å². The first-order valence-corrected chi connectivity index (χ1v) is 11.5. The summed E-state index contributed by atoms with van der Waals surface area (Å²) in [5, 5.41) is 1.66. The van der Waals surface area contributed by atoms with Crippen molar-refractivity contribution in [2.45, 2.75) is 42.8 Å². The number of sulfone groups is 1. The fourth-order valence-electron chi connectivity index (χ4n) is 3.68. The lowest BCUT2D eigenvalue weighted by Gasteiger charge is -2.18. The fraction of sp³-hybridized carbons (Fsp3) is 0.364. The molecule has 1 fully saturated rings. The van der Waals surface area contributed by atoms with Crippen molar-refractivity contribution >= 4 is 33.0 Å². The second kappa shape index (κ2) is 7.83. The molecule has 1 aliphatic heterocycles. The van der Waals surface area contributed by atoms with Gasteiger partial charge in [0.05, 0.1) is 10.1 Å². The Morgan fingerprint density at radius 1 is 1.17 bits per heavy atom. The zero-order valence-electron chi connectivity index (χ0n) is 16.6. The van der Waals surface area contributed by atoms with Crippen LogP contribution < -0.4 is 10.2 Å². The topological polar surface area (TPSA) is 83.6 Å². The normalized spacial score (nSPS) is 16.8. The van der Waals surface area contributed by atoms with E-state index in [9.17, 15) is 22.4 Å². The van der Waals surface area contributed by atoms with Gasteiger partial charge in [-0.3, -0.25) is 9.59 Å². The summed E-state index contributed by atoms with van der Waals surface area (Å²) in [5.74, 6) is -0.646. The lowest BCUT2D eigenvalue weighted by molar-refractivity contribution is -0.119. The maximum Gasteiger partial charge on any atom is 0.230 e. The van der Waals surface area contributed by atoms with E-state index in [0.717, 1.165) is 24.1 Å². The number of fused-ring (bicyclic) bond motifs is 1. The van der Waals surface area contributed by atoms with Gasteiger partial charge < -0.3 is 10.2 Å². The molecule has 8 heteroatoms. The Morgan fingerprint density at radius 2 is 1.87 bits per heavy atom. The van der Waals surface area contributed by atoms with Crippen LogP contribution in [-0.4, -0.2) is 32.0 Å². The number of anilines is 2. The number of nitrogens with one attached hydrogen (secondary N) is 1. The molecule has 158 valence electrons. The second-order valence-corrected chi connectivity index (χ2v) is 10.3. The first-order valence-electron chi connectivity index (χ1n) is 9.99. The van der Waals surface area contributed by atoms with Gasteiger partial charge in [-0.2, -0.15) is 0 Å². The molecule has 1 atom stereocenters. The van der Waals surface area contributed by atoms with Crippen molar-refractivity contribution in [2.24, 2.45) is 5.92 Å². The number of hydrogen-bond donors (Lipinski definition) is 1. The maximum atomic E-state index is 13.0. The van der Waals surface area contributed by atoms with Gasteiger partial charge in [-0.05, 0) is 74.2 Å². The molecule has 2 aromatic carbocycles. The Balaban J connectivity index is 1.45. The summed E-state index contributed by atoms with van der Waals surface area (Å²) in [6.45, 7) is 2.07. The van der Waals surface area contributed by atoms with Gasteiger partial charge >= 0.3 is 0 Å². The van der Waals surface area contributed by atoms with E-state index < -0.39 is 26.8 Å². The highest BCUT2D eigenvalue weighted by Crippen LogP contribution is 2.37. The number of rotatable bonds is 6. The molecule has 1 N–H and O–H groups in total. The van der Waals surface area contributed by atoms with E-state index in [4.69, 9.17) is 0 Å². The van der Waals surface area contributed by atoms with E-state index in [1.807, 2.05) is 0 Å². The standard InChI is InChI=1S/C22H23FN2O4S/c1-14(12-21(26)24-18-6-4-17(23)5-7-18)30(28,29)19-8-9-20-16(13-19)10-11-25(20)22(27)15-2-3-15/h4-9,13-15H,2-3,10-12H2,1H3,(H,24,26)/t14-/m1/s1. The summed E-state index contributed by atoms with van der Waals surface area (Å²) in [6, 6.07) is 10.1. The Morgan fingerprint density at radius 3 is 2.53 bits per heavy atom. The minimum atomic E-state index is -3.72. The van der Waals surface area contributed by atoms with Gasteiger partial charge in [-0.1, -0.05) is 0 Å². The predicted molar refractivity (Wildman–Crippen MR) is 112 cm³/mol. The maximum absolute atomic E-state index is 13.0. The van der Waals surface area contributed by atoms with Gasteiger partial charge in [0.1, 0.15) is 5.82 Å². The van der Waals surface area contributed by atoms with Crippen LogP contribution in [0.4, 0.5) is 15.8 Å². The van der Waals surface area contributed by atoms with Gasteiger partial charge in [0.15, 0.2) is 9.84 Å². The molecule has 6 nitrogen and oxygen atoms in total. The molecule has 0 bridgehead atoms. The largest absolute Gasteiger partial charge is 0.326 e. The highest BCUT2D eigenvalue weighted by atomic mass is 32.2. The molecule has 2 amide bonds. The highest BCUT2D eigenvalue weighted by Gasteiger charge is 2.37. The third-order valence-electron chi connectivity index (χ3n) is 5.60. The molecule has 2 aromatic rings. The van der Waals surface area contributed by atoms with E-state index in [2.05, 4.69) is 5.32 Å². The van der Waals surface area contributed by atoms with Crippen LogP contribution in [0.5, 0.6) is 0 Å². The molecule has 4 rings (SSSR count). The average molecular weight is 431 g/mol. The number of benzene rings is 2. The monoisotopic (exact) mass is 430 g/mol. The first-order chi connectivity index (χ1) is 14.3. The van der Waals surface area contributed by atoms with E-state index in [0.29, 0.717) is 18.7 Å². The third-order valence-corrected chi connectivity index (χ3v) is 7.74. The molecule has 2 aliphatic rings. The van der Waals surface area contributed by atoms with Gasteiger partial charge in [-0.15, -0.1) is 0 Å². The predicted octanol–water partition coefficient (Wildman–Crippen LogP) is 3.32. The molecule has 0 radical (unpaired) electrons. The van der Waals surface area contributed by atoms with Gasteiger partial charge in [0, 0.05) is 30.3 Å². The summed E-state index contributed by atoms with van der Waals surface area (Å²) in [5.41, 5.74) is 2.03. The third kappa shape index (κ3) is 4.09. The quantitative estimate of drug-likeness (QED) is 0.762. The Hall–Kier alpha value is -2.74. The Kier molecular flexibility index (Phi) is 5.36. The lowest BCUT2D eigenvalue weighted by atomic mass is 10.2. The van der Waals surface area contributed by atoms with Gasteiger partial charge in [0.2, 0.25) is 11.8 Å². The summed E-state index contributed by atoms with van der Waals surface area (Å²) in [7, 11) is -3.72. The molecule has 0 saturated heterocycles. The SMILES string of the molecule is C[C@H](CC(=O)Nc1ccc(F)cc1)S(=O)(=O)c1ccc2c(c1)CCN2C(=O)C1CC1. The minimum Gasteiger partial charge on any atom is -0.326 e. The number of nitrogens with zero attached hydrogens (tertiary/aromatic N) is 1.